The highest BCUT2D eigenvalue weighted by atomic mass is 19.1. The lowest BCUT2D eigenvalue weighted by Crippen LogP contribution is -2.50. The molecular formula is C22H29FN4O. The van der Waals surface area contributed by atoms with Crippen LogP contribution >= 0.6 is 0 Å². The highest BCUT2D eigenvalue weighted by Crippen LogP contribution is 2.19. The van der Waals surface area contributed by atoms with Gasteiger partial charge in [0.15, 0.2) is 5.96 Å². The Balaban J connectivity index is 1.41. The molecule has 1 aliphatic rings. The molecule has 1 heterocycles. The van der Waals surface area contributed by atoms with E-state index in [1.54, 1.807) is 19.2 Å². The van der Waals surface area contributed by atoms with Gasteiger partial charge >= 0.3 is 0 Å². The van der Waals surface area contributed by atoms with Crippen LogP contribution in [-0.4, -0.2) is 44.8 Å². The van der Waals surface area contributed by atoms with Gasteiger partial charge in [0.2, 0.25) is 0 Å². The second-order valence-corrected chi connectivity index (χ2v) is 7.08. The van der Waals surface area contributed by atoms with Crippen LogP contribution in [0.5, 0.6) is 5.75 Å². The van der Waals surface area contributed by atoms with Crippen LogP contribution in [0.1, 0.15) is 19.8 Å². The maximum Gasteiger partial charge on any atom is 0.191 e. The molecule has 0 aliphatic carbocycles. The Morgan fingerprint density at radius 2 is 1.93 bits per heavy atom. The van der Waals surface area contributed by atoms with Gasteiger partial charge in [-0.2, -0.15) is 0 Å². The second kappa shape index (κ2) is 9.97. The molecule has 0 amide bonds. The first-order valence-electron chi connectivity index (χ1n) is 9.83. The first-order valence-corrected chi connectivity index (χ1v) is 9.83. The standard InChI is InChI=1S/C22H29FN4O/c1-17(28-21-10-6-7-18(23)15-21)16-25-22(24-2)26-19-11-13-27(14-12-19)20-8-4-3-5-9-20/h3-10,15,17,19H,11-14,16H2,1-2H3,(H2,24,25,26). The number of anilines is 1. The first kappa shape index (κ1) is 20.0. The first-order chi connectivity index (χ1) is 13.6. The SMILES string of the molecule is CN=C(NCC(C)Oc1cccc(F)c1)NC1CCN(c2ccccc2)CC1. The van der Waals surface area contributed by atoms with Gasteiger partial charge in [0.25, 0.3) is 0 Å². The molecule has 150 valence electrons. The van der Waals surface area contributed by atoms with Crippen LogP contribution in [0.4, 0.5) is 10.1 Å². The number of nitrogens with one attached hydrogen (secondary N) is 2. The third kappa shape index (κ3) is 5.87. The summed E-state index contributed by atoms with van der Waals surface area (Å²) in [5, 5.41) is 6.80. The number of nitrogens with zero attached hydrogens (tertiary/aromatic N) is 2. The van der Waals surface area contributed by atoms with Gasteiger partial charge in [0, 0.05) is 37.9 Å². The minimum atomic E-state index is -0.294. The lowest BCUT2D eigenvalue weighted by molar-refractivity contribution is 0.222. The summed E-state index contributed by atoms with van der Waals surface area (Å²) >= 11 is 0. The van der Waals surface area contributed by atoms with E-state index in [9.17, 15) is 4.39 Å². The Kier molecular flexibility index (Phi) is 7.12. The third-order valence-electron chi connectivity index (χ3n) is 4.87. The van der Waals surface area contributed by atoms with Gasteiger partial charge in [-0.15, -0.1) is 0 Å². The molecule has 1 aliphatic heterocycles. The van der Waals surface area contributed by atoms with Crippen molar-refractivity contribution in [3.05, 3.63) is 60.4 Å². The van der Waals surface area contributed by atoms with Crippen LogP contribution in [0.3, 0.4) is 0 Å². The molecule has 1 fully saturated rings. The van der Waals surface area contributed by atoms with Crippen molar-refractivity contribution in [2.45, 2.75) is 31.9 Å². The number of hydrogen-bond acceptors (Lipinski definition) is 3. The molecule has 2 aromatic carbocycles. The molecule has 28 heavy (non-hydrogen) atoms. The van der Waals surface area contributed by atoms with Crippen molar-refractivity contribution in [3.63, 3.8) is 0 Å². The average Bonchev–Trinajstić information content (AvgIpc) is 2.72. The van der Waals surface area contributed by atoms with E-state index < -0.39 is 0 Å². The smallest absolute Gasteiger partial charge is 0.191 e. The van der Waals surface area contributed by atoms with Crippen molar-refractivity contribution in [2.75, 3.05) is 31.6 Å². The van der Waals surface area contributed by atoms with Crippen molar-refractivity contribution >= 4 is 11.6 Å². The number of rotatable bonds is 6. The second-order valence-electron chi connectivity index (χ2n) is 7.08. The van der Waals surface area contributed by atoms with Gasteiger partial charge in [-0.25, -0.2) is 4.39 Å². The van der Waals surface area contributed by atoms with Crippen LogP contribution < -0.4 is 20.3 Å². The third-order valence-corrected chi connectivity index (χ3v) is 4.87. The summed E-state index contributed by atoms with van der Waals surface area (Å²) in [4.78, 5) is 6.74. The number of halogens is 1. The summed E-state index contributed by atoms with van der Waals surface area (Å²) < 4.78 is 19.0. The summed E-state index contributed by atoms with van der Waals surface area (Å²) in [6.07, 6.45) is 2.01. The topological polar surface area (TPSA) is 48.9 Å². The zero-order valence-electron chi connectivity index (χ0n) is 16.6. The fourth-order valence-electron chi connectivity index (χ4n) is 3.36. The highest BCUT2D eigenvalue weighted by Gasteiger charge is 2.20. The number of aliphatic imine (C=N–C) groups is 1. The van der Waals surface area contributed by atoms with Gasteiger partial charge < -0.3 is 20.3 Å². The van der Waals surface area contributed by atoms with Gasteiger partial charge in [-0.05, 0) is 44.0 Å². The lowest BCUT2D eigenvalue weighted by Gasteiger charge is -2.34. The van der Waals surface area contributed by atoms with Crippen LogP contribution in [0.25, 0.3) is 0 Å². The fraction of sp³-hybridized carbons (Fsp3) is 0.409. The molecule has 3 rings (SSSR count). The van der Waals surface area contributed by atoms with Gasteiger partial charge in [-0.3, -0.25) is 4.99 Å². The molecule has 2 aromatic rings. The molecule has 0 bridgehead atoms. The maximum absolute atomic E-state index is 13.3. The lowest BCUT2D eigenvalue weighted by atomic mass is 10.0. The van der Waals surface area contributed by atoms with E-state index in [1.807, 2.05) is 13.0 Å². The number of ether oxygens (including phenoxy) is 1. The molecule has 1 saturated heterocycles. The van der Waals surface area contributed by atoms with Crippen molar-refractivity contribution in [2.24, 2.45) is 4.99 Å². The summed E-state index contributed by atoms with van der Waals surface area (Å²) in [7, 11) is 1.77. The van der Waals surface area contributed by atoms with Crippen molar-refractivity contribution in [3.8, 4) is 5.75 Å². The number of guanidine groups is 1. The molecule has 1 atom stereocenters. The number of para-hydroxylation sites is 1. The van der Waals surface area contributed by atoms with E-state index in [1.165, 1.54) is 17.8 Å². The number of piperidine rings is 1. The fourth-order valence-corrected chi connectivity index (χ4v) is 3.36. The molecular weight excluding hydrogens is 355 g/mol. The van der Waals surface area contributed by atoms with Gasteiger partial charge in [0.1, 0.15) is 17.7 Å². The molecule has 2 N–H and O–H groups in total. The van der Waals surface area contributed by atoms with E-state index in [4.69, 9.17) is 4.74 Å². The summed E-state index contributed by atoms with van der Waals surface area (Å²) in [6, 6.07) is 17.1. The minimum Gasteiger partial charge on any atom is -0.489 e. The monoisotopic (exact) mass is 384 g/mol. The molecule has 0 saturated carbocycles. The Bertz CT molecular complexity index is 760. The van der Waals surface area contributed by atoms with Crippen molar-refractivity contribution < 1.29 is 9.13 Å². The molecule has 5 nitrogen and oxygen atoms in total. The molecule has 0 aromatic heterocycles. The van der Waals surface area contributed by atoms with E-state index >= 15 is 0 Å². The van der Waals surface area contributed by atoms with Crippen LogP contribution in [-0.2, 0) is 0 Å². The minimum absolute atomic E-state index is 0.111. The Labute approximate surface area is 166 Å². The quantitative estimate of drug-likeness (QED) is 0.592. The normalized spacial score (nSPS) is 16.5. The summed E-state index contributed by atoms with van der Waals surface area (Å²) in [5.74, 6) is 1.01. The van der Waals surface area contributed by atoms with Crippen LogP contribution in [0.15, 0.2) is 59.6 Å². The van der Waals surface area contributed by atoms with Crippen molar-refractivity contribution in [1.82, 2.24) is 10.6 Å². The van der Waals surface area contributed by atoms with E-state index in [0.717, 1.165) is 31.9 Å². The van der Waals surface area contributed by atoms with Crippen LogP contribution in [0, 0.1) is 5.82 Å². The molecule has 6 heteroatoms. The Morgan fingerprint density at radius 1 is 1.18 bits per heavy atom. The summed E-state index contributed by atoms with van der Waals surface area (Å²) in [5.41, 5.74) is 1.28. The van der Waals surface area contributed by atoms with Gasteiger partial charge in [-0.1, -0.05) is 24.3 Å². The van der Waals surface area contributed by atoms with Crippen LogP contribution in [0.2, 0.25) is 0 Å². The zero-order valence-corrected chi connectivity index (χ0v) is 16.6. The molecule has 0 spiro atoms. The summed E-state index contributed by atoms with van der Waals surface area (Å²) in [6.45, 7) is 4.58. The van der Waals surface area contributed by atoms with E-state index in [-0.39, 0.29) is 11.9 Å². The van der Waals surface area contributed by atoms with Crippen molar-refractivity contribution in [1.29, 1.82) is 0 Å². The van der Waals surface area contributed by atoms with Gasteiger partial charge in [0.05, 0.1) is 6.54 Å². The van der Waals surface area contributed by atoms with E-state index in [2.05, 4.69) is 44.8 Å². The Hall–Kier alpha value is -2.76. The number of hydrogen-bond donors (Lipinski definition) is 2. The number of benzene rings is 2. The predicted molar refractivity (Wildman–Crippen MR) is 113 cm³/mol. The molecule has 1 unspecified atom stereocenters. The largest absolute Gasteiger partial charge is 0.489 e. The highest BCUT2D eigenvalue weighted by molar-refractivity contribution is 5.80. The molecule has 0 radical (unpaired) electrons. The predicted octanol–water partition coefficient (Wildman–Crippen LogP) is 3.43. The van der Waals surface area contributed by atoms with E-state index in [0.29, 0.717) is 18.3 Å². The average molecular weight is 384 g/mol. The Morgan fingerprint density at radius 3 is 2.61 bits per heavy atom. The maximum atomic E-state index is 13.3. The zero-order chi connectivity index (χ0) is 19.8.